The summed E-state index contributed by atoms with van der Waals surface area (Å²) in [5.41, 5.74) is 3.34. The zero-order valence-corrected chi connectivity index (χ0v) is 18.5. The van der Waals surface area contributed by atoms with Crippen molar-refractivity contribution in [3.05, 3.63) is 24.0 Å². The van der Waals surface area contributed by atoms with E-state index in [1.54, 1.807) is 20.3 Å². The Balaban J connectivity index is 1.77. The fourth-order valence-electron chi connectivity index (χ4n) is 3.18. The molecule has 0 saturated heterocycles. The first kappa shape index (κ1) is 20.1. The third kappa shape index (κ3) is 3.58. The molecule has 0 unspecified atom stereocenters. The van der Waals surface area contributed by atoms with Crippen LogP contribution in [0.1, 0.15) is 32.5 Å². The maximum absolute atomic E-state index is 12.0. The summed E-state index contributed by atoms with van der Waals surface area (Å²) in [5.74, 6) is 1.55. The van der Waals surface area contributed by atoms with Gasteiger partial charge in [0.1, 0.15) is 29.5 Å². The second-order valence-electron chi connectivity index (χ2n) is 7.44. The van der Waals surface area contributed by atoms with E-state index >= 15 is 0 Å². The number of aromatic nitrogens is 4. The number of nitrogens with one attached hydrogen (secondary N) is 2. The number of nitrogens with zero attached hydrogens (tertiary/aromatic N) is 5. The summed E-state index contributed by atoms with van der Waals surface area (Å²) in [6.45, 7) is 7.33. The van der Waals surface area contributed by atoms with E-state index < -0.39 is 0 Å². The molecule has 1 aliphatic heterocycles. The quantitative estimate of drug-likeness (QED) is 0.637. The van der Waals surface area contributed by atoms with Crippen LogP contribution in [-0.2, 0) is 6.61 Å². The number of hydrogen-bond acceptors (Lipinski definition) is 7. The Kier molecular flexibility index (Phi) is 5.33. The molecule has 0 fully saturated rings. The van der Waals surface area contributed by atoms with Crippen molar-refractivity contribution in [2.24, 2.45) is 0 Å². The van der Waals surface area contributed by atoms with Crippen molar-refractivity contribution in [3.63, 3.8) is 0 Å². The molecule has 0 saturated carbocycles. The van der Waals surface area contributed by atoms with Crippen molar-refractivity contribution in [3.8, 4) is 27.6 Å². The molecule has 1 aliphatic rings. The Morgan fingerprint density at radius 1 is 1.37 bits per heavy atom. The lowest BCUT2D eigenvalue weighted by atomic mass is 10.1. The van der Waals surface area contributed by atoms with Gasteiger partial charge in [0, 0.05) is 38.4 Å². The lowest BCUT2D eigenvalue weighted by molar-refractivity contribution is 0.230. The molecule has 3 aromatic heterocycles. The minimum atomic E-state index is -0.216. The molecular weight excluding hydrogens is 402 g/mol. The average molecular weight is 428 g/mol. The second kappa shape index (κ2) is 7.94. The van der Waals surface area contributed by atoms with Crippen LogP contribution >= 0.6 is 11.3 Å². The van der Waals surface area contributed by atoms with Gasteiger partial charge < -0.3 is 15.0 Å². The summed E-state index contributed by atoms with van der Waals surface area (Å²) in [4.78, 5) is 23.5. The number of hydrogen-bond donors (Lipinski definition) is 2. The van der Waals surface area contributed by atoms with E-state index in [2.05, 4.69) is 34.4 Å². The highest BCUT2D eigenvalue weighted by atomic mass is 32.1. The number of ether oxygens (including phenoxy) is 1. The predicted octanol–water partition coefficient (Wildman–Crippen LogP) is 4.07. The van der Waals surface area contributed by atoms with Crippen LogP contribution in [0.25, 0.3) is 21.8 Å². The lowest BCUT2D eigenvalue weighted by Gasteiger charge is -2.16. The van der Waals surface area contributed by atoms with Gasteiger partial charge in [-0.3, -0.25) is 10.00 Å². The van der Waals surface area contributed by atoms with E-state index in [4.69, 9.17) is 9.84 Å². The Morgan fingerprint density at radius 2 is 2.17 bits per heavy atom. The van der Waals surface area contributed by atoms with Crippen LogP contribution in [0, 0.1) is 0 Å². The first-order valence-electron chi connectivity index (χ1n) is 9.83. The average Bonchev–Trinajstić information content (AvgIpc) is 3.29. The van der Waals surface area contributed by atoms with Gasteiger partial charge in [-0.15, -0.1) is 0 Å². The van der Waals surface area contributed by atoms with E-state index in [1.165, 1.54) is 16.2 Å². The summed E-state index contributed by atoms with van der Waals surface area (Å²) in [7, 11) is 3.39. The molecule has 10 heteroatoms. The van der Waals surface area contributed by atoms with Gasteiger partial charge in [-0.1, -0.05) is 11.3 Å². The third-order valence-corrected chi connectivity index (χ3v) is 5.66. The van der Waals surface area contributed by atoms with Crippen LogP contribution in [0.4, 0.5) is 15.7 Å². The monoisotopic (exact) mass is 427 g/mol. The smallest absolute Gasteiger partial charge is 0.323 e. The van der Waals surface area contributed by atoms with Gasteiger partial charge in [0.05, 0.1) is 4.88 Å². The summed E-state index contributed by atoms with van der Waals surface area (Å²) in [6, 6.07) is 3.84. The largest absolute Gasteiger partial charge is 0.483 e. The van der Waals surface area contributed by atoms with E-state index in [1.807, 2.05) is 23.7 Å². The van der Waals surface area contributed by atoms with Crippen molar-refractivity contribution in [2.45, 2.75) is 33.4 Å². The maximum atomic E-state index is 12.0. The first-order chi connectivity index (χ1) is 14.4. The number of carbonyl (C=O) groups excluding carboxylic acids is 1. The van der Waals surface area contributed by atoms with Crippen molar-refractivity contribution < 1.29 is 9.53 Å². The van der Waals surface area contributed by atoms with Gasteiger partial charge in [0.15, 0.2) is 10.9 Å². The molecule has 0 aliphatic carbocycles. The molecule has 0 aromatic carbocycles. The molecule has 3 aromatic rings. The zero-order valence-electron chi connectivity index (χ0n) is 17.7. The van der Waals surface area contributed by atoms with Crippen LogP contribution < -0.4 is 15.4 Å². The van der Waals surface area contributed by atoms with Gasteiger partial charge in [-0.05, 0) is 32.9 Å². The fourth-order valence-corrected chi connectivity index (χ4v) is 4.17. The standard InChI is InChI=1S/C20H25N7O2S/c1-6-21-14-8-7-12(9-22-14)15-17-16(27(25-15)11(2)3)18-13(10-29-17)23-19(30-18)24-20(28)26(4)5/h7-9,11H,6,10H2,1-5H3,(H,21,22)(H,23,24,28). The minimum Gasteiger partial charge on any atom is -0.483 e. The molecule has 9 nitrogen and oxygen atoms in total. The van der Waals surface area contributed by atoms with Crippen molar-refractivity contribution in [1.29, 1.82) is 0 Å². The second-order valence-corrected chi connectivity index (χ2v) is 8.43. The Hall–Kier alpha value is -3.14. The molecule has 0 bridgehead atoms. The number of rotatable bonds is 5. The van der Waals surface area contributed by atoms with Crippen molar-refractivity contribution in [1.82, 2.24) is 24.6 Å². The highest BCUT2D eigenvalue weighted by molar-refractivity contribution is 7.19. The minimum absolute atomic E-state index is 0.123. The van der Waals surface area contributed by atoms with Crippen LogP contribution in [0.15, 0.2) is 18.3 Å². The first-order valence-corrected chi connectivity index (χ1v) is 10.6. The molecule has 4 heterocycles. The summed E-state index contributed by atoms with van der Waals surface area (Å²) < 4.78 is 8.06. The van der Waals surface area contributed by atoms with Gasteiger partial charge in [0.2, 0.25) is 0 Å². The van der Waals surface area contributed by atoms with E-state index in [-0.39, 0.29) is 12.1 Å². The third-order valence-electron chi connectivity index (χ3n) is 4.64. The normalized spacial score (nSPS) is 12.2. The summed E-state index contributed by atoms with van der Waals surface area (Å²) in [5, 5.41) is 11.4. The number of amides is 2. The predicted molar refractivity (Wildman–Crippen MR) is 118 cm³/mol. The van der Waals surface area contributed by atoms with Crippen molar-refractivity contribution >= 4 is 28.3 Å². The number of thiazole rings is 1. The van der Waals surface area contributed by atoms with Gasteiger partial charge in [0.25, 0.3) is 0 Å². The van der Waals surface area contributed by atoms with Gasteiger partial charge in [-0.2, -0.15) is 5.10 Å². The topological polar surface area (TPSA) is 97.2 Å². The highest BCUT2D eigenvalue weighted by Crippen LogP contribution is 2.47. The molecule has 0 radical (unpaired) electrons. The molecule has 0 atom stereocenters. The van der Waals surface area contributed by atoms with Crippen molar-refractivity contribution in [2.75, 3.05) is 31.3 Å². The van der Waals surface area contributed by atoms with E-state index in [0.29, 0.717) is 11.7 Å². The molecule has 2 amide bonds. The molecular formula is C20H25N7O2S. The van der Waals surface area contributed by atoms with Gasteiger partial charge >= 0.3 is 6.03 Å². The number of carbonyl (C=O) groups is 1. The Labute approximate surface area is 179 Å². The molecule has 30 heavy (non-hydrogen) atoms. The fraction of sp³-hybridized carbons (Fsp3) is 0.400. The molecule has 4 rings (SSSR count). The number of urea groups is 1. The van der Waals surface area contributed by atoms with Crippen LogP contribution in [-0.4, -0.2) is 51.3 Å². The number of fused-ring (bicyclic) bond motifs is 3. The maximum Gasteiger partial charge on any atom is 0.323 e. The number of pyridine rings is 1. The molecule has 158 valence electrons. The van der Waals surface area contributed by atoms with Gasteiger partial charge in [-0.25, -0.2) is 14.8 Å². The van der Waals surface area contributed by atoms with Crippen LogP contribution in [0.3, 0.4) is 0 Å². The SMILES string of the molecule is CCNc1ccc(-c2nn(C(C)C)c3c2OCc2nc(NC(=O)N(C)C)sc2-3)cn1. The van der Waals surface area contributed by atoms with Crippen LogP contribution in [0.2, 0.25) is 0 Å². The number of anilines is 2. The zero-order chi connectivity index (χ0) is 21.4. The van der Waals surface area contributed by atoms with E-state index in [9.17, 15) is 4.79 Å². The van der Waals surface area contributed by atoms with Crippen LogP contribution in [0.5, 0.6) is 5.75 Å². The molecule has 2 N–H and O–H groups in total. The highest BCUT2D eigenvalue weighted by Gasteiger charge is 2.32. The lowest BCUT2D eigenvalue weighted by Crippen LogP contribution is -2.27. The summed E-state index contributed by atoms with van der Waals surface area (Å²) in [6.07, 6.45) is 1.81. The molecule has 0 spiro atoms. The summed E-state index contributed by atoms with van der Waals surface area (Å²) >= 11 is 1.44. The van der Waals surface area contributed by atoms with E-state index in [0.717, 1.165) is 45.6 Å². The Morgan fingerprint density at radius 3 is 2.80 bits per heavy atom. The Bertz CT molecular complexity index is 1070.